The molecule has 1 aromatic rings. The van der Waals surface area contributed by atoms with Crippen LogP contribution in [-0.4, -0.2) is 31.1 Å². The number of nitrogens with one attached hydrogen (secondary N) is 1. The molecular weight excluding hydrogens is 265 g/mol. The van der Waals surface area contributed by atoms with E-state index >= 15 is 0 Å². The zero-order valence-corrected chi connectivity index (χ0v) is 11.5. The fourth-order valence-corrected chi connectivity index (χ4v) is 2.48. The molecule has 0 aromatic heterocycles. The van der Waals surface area contributed by atoms with Gasteiger partial charge in [-0.2, -0.15) is 13.2 Å². The summed E-state index contributed by atoms with van der Waals surface area (Å²) in [7, 11) is 0. The molecule has 1 aliphatic rings. The van der Waals surface area contributed by atoms with Gasteiger partial charge in [-0.1, -0.05) is 12.1 Å². The van der Waals surface area contributed by atoms with E-state index in [4.69, 9.17) is 0 Å². The molecule has 0 spiro atoms. The first-order valence-corrected chi connectivity index (χ1v) is 7.15. The Hall–Kier alpha value is -1.07. The van der Waals surface area contributed by atoms with E-state index in [0.29, 0.717) is 6.54 Å². The topological polar surface area (TPSA) is 15.3 Å². The molecule has 0 atom stereocenters. The lowest BCUT2D eigenvalue weighted by Gasteiger charge is -2.14. The van der Waals surface area contributed by atoms with Gasteiger partial charge in [0.2, 0.25) is 0 Å². The zero-order valence-electron chi connectivity index (χ0n) is 11.5. The SMILES string of the molecule is FC(F)(F)c1ccc(CNCCCN2CCCC2)cc1. The normalized spacial score (nSPS) is 16.8. The maximum atomic E-state index is 12.4. The van der Waals surface area contributed by atoms with E-state index in [2.05, 4.69) is 10.2 Å². The van der Waals surface area contributed by atoms with E-state index in [1.807, 2.05) is 0 Å². The number of nitrogens with zero attached hydrogens (tertiary/aromatic N) is 1. The third-order valence-electron chi connectivity index (χ3n) is 3.64. The third kappa shape index (κ3) is 4.80. The van der Waals surface area contributed by atoms with E-state index in [1.165, 1.54) is 38.1 Å². The van der Waals surface area contributed by atoms with Crippen molar-refractivity contribution in [1.29, 1.82) is 0 Å². The van der Waals surface area contributed by atoms with Gasteiger partial charge in [-0.3, -0.25) is 0 Å². The minimum Gasteiger partial charge on any atom is -0.313 e. The second-order valence-electron chi connectivity index (χ2n) is 5.27. The molecule has 0 bridgehead atoms. The molecule has 1 saturated heterocycles. The molecule has 1 aliphatic heterocycles. The summed E-state index contributed by atoms with van der Waals surface area (Å²) in [5, 5.41) is 3.28. The van der Waals surface area contributed by atoms with Crippen molar-refractivity contribution in [3.8, 4) is 0 Å². The van der Waals surface area contributed by atoms with Crippen molar-refractivity contribution in [2.24, 2.45) is 0 Å². The number of rotatable bonds is 6. The number of alkyl halides is 3. The minimum absolute atomic E-state index is 0.588. The van der Waals surface area contributed by atoms with Crippen LogP contribution >= 0.6 is 0 Å². The van der Waals surface area contributed by atoms with Crippen molar-refractivity contribution in [3.05, 3.63) is 35.4 Å². The lowest BCUT2D eigenvalue weighted by Crippen LogP contribution is -2.24. The standard InChI is InChI=1S/C15H21F3N2/c16-15(17,18)14-6-4-13(5-7-14)12-19-8-3-11-20-9-1-2-10-20/h4-7,19H,1-3,8-12H2. The van der Waals surface area contributed by atoms with Crippen LogP contribution < -0.4 is 5.32 Å². The Morgan fingerprint density at radius 3 is 2.30 bits per heavy atom. The van der Waals surface area contributed by atoms with Crippen LogP contribution in [0.15, 0.2) is 24.3 Å². The summed E-state index contributed by atoms with van der Waals surface area (Å²) in [6.45, 7) is 5.05. The number of halogens is 3. The highest BCUT2D eigenvalue weighted by atomic mass is 19.4. The van der Waals surface area contributed by atoms with Crippen LogP contribution in [0.2, 0.25) is 0 Å². The lowest BCUT2D eigenvalue weighted by molar-refractivity contribution is -0.137. The molecule has 5 heteroatoms. The predicted octanol–water partition coefficient (Wildman–Crippen LogP) is 3.28. The number of hydrogen-bond acceptors (Lipinski definition) is 2. The molecule has 0 amide bonds. The van der Waals surface area contributed by atoms with E-state index in [1.54, 1.807) is 0 Å². The molecule has 1 fully saturated rings. The van der Waals surface area contributed by atoms with E-state index < -0.39 is 11.7 Å². The van der Waals surface area contributed by atoms with Crippen LogP contribution in [0.1, 0.15) is 30.4 Å². The van der Waals surface area contributed by atoms with Crippen molar-refractivity contribution in [2.45, 2.75) is 32.0 Å². The number of likely N-dealkylation sites (tertiary alicyclic amines) is 1. The van der Waals surface area contributed by atoms with Crippen molar-refractivity contribution in [3.63, 3.8) is 0 Å². The van der Waals surface area contributed by atoms with Crippen LogP contribution in [0.3, 0.4) is 0 Å². The molecule has 20 heavy (non-hydrogen) atoms. The van der Waals surface area contributed by atoms with E-state index in [0.717, 1.165) is 37.2 Å². The van der Waals surface area contributed by atoms with Crippen LogP contribution in [-0.2, 0) is 12.7 Å². The molecule has 1 heterocycles. The van der Waals surface area contributed by atoms with Crippen molar-refractivity contribution < 1.29 is 13.2 Å². The van der Waals surface area contributed by atoms with E-state index in [-0.39, 0.29) is 0 Å². The predicted molar refractivity (Wildman–Crippen MR) is 73.4 cm³/mol. The maximum Gasteiger partial charge on any atom is 0.416 e. The first-order chi connectivity index (χ1) is 9.55. The number of benzene rings is 1. The van der Waals surface area contributed by atoms with Gasteiger partial charge in [0.1, 0.15) is 0 Å². The molecular formula is C15H21F3N2. The Kier molecular flexibility index (Phi) is 5.43. The Morgan fingerprint density at radius 1 is 1.05 bits per heavy atom. The van der Waals surface area contributed by atoms with Gasteiger partial charge in [0.05, 0.1) is 5.56 Å². The smallest absolute Gasteiger partial charge is 0.313 e. The first-order valence-electron chi connectivity index (χ1n) is 7.15. The molecule has 0 radical (unpaired) electrons. The summed E-state index contributed by atoms with van der Waals surface area (Å²) < 4.78 is 37.2. The monoisotopic (exact) mass is 286 g/mol. The molecule has 2 nitrogen and oxygen atoms in total. The van der Waals surface area contributed by atoms with Gasteiger partial charge in [0, 0.05) is 6.54 Å². The van der Waals surface area contributed by atoms with Gasteiger partial charge >= 0.3 is 6.18 Å². The van der Waals surface area contributed by atoms with Crippen LogP contribution in [0, 0.1) is 0 Å². The summed E-state index contributed by atoms with van der Waals surface area (Å²) >= 11 is 0. The quantitative estimate of drug-likeness (QED) is 0.807. The third-order valence-corrected chi connectivity index (χ3v) is 3.64. The van der Waals surface area contributed by atoms with Crippen LogP contribution in [0.4, 0.5) is 13.2 Å². The highest BCUT2D eigenvalue weighted by molar-refractivity contribution is 5.24. The van der Waals surface area contributed by atoms with Crippen molar-refractivity contribution >= 4 is 0 Å². The largest absolute Gasteiger partial charge is 0.416 e. The van der Waals surface area contributed by atoms with Crippen molar-refractivity contribution in [1.82, 2.24) is 10.2 Å². The molecule has 0 saturated carbocycles. The number of hydrogen-bond donors (Lipinski definition) is 1. The fraction of sp³-hybridized carbons (Fsp3) is 0.600. The minimum atomic E-state index is -4.25. The summed E-state index contributed by atoms with van der Waals surface area (Å²) in [5.41, 5.74) is 0.300. The second-order valence-corrected chi connectivity index (χ2v) is 5.27. The Balaban J connectivity index is 1.64. The Morgan fingerprint density at radius 2 is 1.70 bits per heavy atom. The lowest BCUT2D eigenvalue weighted by atomic mass is 10.1. The molecule has 2 rings (SSSR count). The Labute approximate surface area is 118 Å². The average molecular weight is 286 g/mol. The van der Waals surface area contributed by atoms with Crippen molar-refractivity contribution in [2.75, 3.05) is 26.2 Å². The summed E-state index contributed by atoms with van der Waals surface area (Å²) in [4.78, 5) is 2.46. The molecule has 0 unspecified atom stereocenters. The Bertz CT molecular complexity index is 395. The van der Waals surface area contributed by atoms with Gasteiger partial charge in [-0.05, 0) is 63.1 Å². The van der Waals surface area contributed by atoms with Gasteiger partial charge in [-0.25, -0.2) is 0 Å². The maximum absolute atomic E-state index is 12.4. The summed E-state index contributed by atoms with van der Waals surface area (Å²) in [6, 6.07) is 5.36. The van der Waals surface area contributed by atoms with Crippen LogP contribution in [0.5, 0.6) is 0 Å². The molecule has 112 valence electrons. The van der Waals surface area contributed by atoms with E-state index in [9.17, 15) is 13.2 Å². The summed E-state index contributed by atoms with van der Waals surface area (Å²) in [6.07, 6.45) is -0.555. The second kappa shape index (κ2) is 7.09. The zero-order chi connectivity index (χ0) is 14.4. The van der Waals surface area contributed by atoms with Gasteiger partial charge < -0.3 is 10.2 Å². The molecule has 0 aliphatic carbocycles. The highest BCUT2D eigenvalue weighted by Crippen LogP contribution is 2.28. The van der Waals surface area contributed by atoms with Gasteiger partial charge in [0.25, 0.3) is 0 Å². The van der Waals surface area contributed by atoms with Gasteiger partial charge in [-0.15, -0.1) is 0 Å². The first kappa shape index (κ1) is 15.3. The van der Waals surface area contributed by atoms with Crippen LogP contribution in [0.25, 0.3) is 0 Å². The fourth-order valence-electron chi connectivity index (χ4n) is 2.48. The summed E-state index contributed by atoms with van der Waals surface area (Å²) in [5.74, 6) is 0. The molecule has 1 N–H and O–H groups in total. The average Bonchev–Trinajstić information content (AvgIpc) is 2.91. The van der Waals surface area contributed by atoms with Gasteiger partial charge in [0.15, 0.2) is 0 Å². The molecule has 1 aromatic carbocycles. The highest BCUT2D eigenvalue weighted by Gasteiger charge is 2.29.